The molecule has 1 N–H and O–H groups in total. The SMILES string of the molecule is CCOc1cccc(NC(=O)[C@@H](C)N(c2cc(C)cc(C)c2)S(C)(=O)=O)c1. The van der Waals surface area contributed by atoms with E-state index in [9.17, 15) is 13.2 Å². The van der Waals surface area contributed by atoms with Crippen molar-refractivity contribution in [3.8, 4) is 5.75 Å². The lowest BCUT2D eigenvalue weighted by atomic mass is 10.1. The number of benzene rings is 2. The van der Waals surface area contributed by atoms with Crippen LogP contribution in [0.3, 0.4) is 0 Å². The molecule has 0 aliphatic carbocycles. The van der Waals surface area contributed by atoms with Crippen molar-refractivity contribution in [3.05, 3.63) is 53.6 Å². The van der Waals surface area contributed by atoms with Gasteiger partial charge in [0.1, 0.15) is 11.8 Å². The molecule has 2 aromatic rings. The third-order valence-corrected chi connectivity index (χ3v) is 5.20. The van der Waals surface area contributed by atoms with Gasteiger partial charge >= 0.3 is 0 Å². The van der Waals surface area contributed by atoms with Crippen molar-refractivity contribution >= 4 is 27.3 Å². The van der Waals surface area contributed by atoms with Gasteiger partial charge in [0.15, 0.2) is 0 Å². The summed E-state index contributed by atoms with van der Waals surface area (Å²) in [5.41, 5.74) is 2.87. The molecule has 0 aliphatic rings. The highest BCUT2D eigenvalue weighted by atomic mass is 32.2. The van der Waals surface area contributed by atoms with E-state index in [-0.39, 0.29) is 0 Å². The average molecular weight is 391 g/mol. The summed E-state index contributed by atoms with van der Waals surface area (Å²) in [5.74, 6) is 0.213. The molecule has 0 unspecified atom stereocenters. The van der Waals surface area contributed by atoms with E-state index in [1.807, 2.05) is 26.8 Å². The van der Waals surface area contributed by atoms with Crippen molar-refractivity contribution < 1.29 is 17.9 Å². The van der Waals surface area contributed by atoms with E-state index < -0.39 is 22.0 Å². The number of sulfonamides is 1. The van der Waals surface area contributed by atoms with Gasteiger partial charge in [0.25, 0.3) is 0 Å². The molecule has 0 fully saturated rings. The van der Waals surface area contributed by atoms with Crippen LogP contribution in [-0.4, -0.2) is 33.2 Å². The molecular formula is C20H26N2O4S. The number of nitrogens with one attached hydrogen (secondary N) is 1. The van der Waals surface area contributed by atoms with Crippen LogP contribution in [0.15, 0.2) is 42.5 Å². The number of anilines is 2. The van der Waals surface area contributed by atoms with Gasteiger partial charge in [0, 0.05) is 11.8 Å². The van der Waals surface area contributed by atoms with Crippen LogP contribution < -0.4 is 14.4 Å². The summed E-state index contributed by atoms with van der Waals surface area (Å²) in [5, 5.41) is 2.77. The van der Waals surface area contributed by atoms with Gasteiger partial charge < -0.3 is 10.1 Å². The molecule has 0 aliphatic heterocycles. The first-order valence-corrected chi connectivity index (χ1v) is 10.6. The average Bonchev–Trinajstić information content (AvgIpc) is 2.53. The summed E-state index contributed by atoms with van der Waals surface area (Å²) >= 11 is 0. The Bertz CT molecular complexity index is 905. The standard InChI is InChI=1S/C20H26N2O4S/c1-6-26-19-9-7-8-17(13-19)21-20(23)16(4)22(27(5,24)25)18-11-14(2)10-15(3)12-18/h7-13,16H,6H2,1-5H3,(H,21,23)/t16-/m1/s1. The monoisotopic (exact) mass is 390 g/mol. The Kier molecular flexibility index (Phi) is 6.49. The second kappa shape index (κ2) is 8.43. The number of hydrogen-bond donors (Lipinski definition) is 1. The van der Waals surface area contributed by atoms with Gasteiger partial charge in [-0.15, -0.1) is 0 Å². The van der Waals surface area contributed by atoms with Crippen molar-refractivity contribution in [3.63, 3.8) is 0 Å². The van der Waals surface area contributed by atoms with Gasteiger partial charge in [-0.3, -0.25) is 9.10 Å². The number of aryl methyl sites for hydroxylation is 2. The largest absolute Gasteiger partial charge is 0.494 e. The van der Waals surface area contributed by atoms with E-state index in [0.29, 0.717) is 23.7 Å². The van der Waals surface area contributed by atoms with Crippen LogP contribution in [-0.2, 0) is 14.8 Å². The summed E-state index contributed by atoms with van der Waals surface area (Å²) in [6.07, 6.45) is 1.10. The van der Waals surface area contributed by atoms with Crippen LogP contribution in [0.4, 0.5) is 11.4 Å². The lowest BCUT2D eigenvalue weighted by Gasteiger charge is -2.28. The van der Waals surface area contributed by atoms with Gasteiger partial charge in [-0.25, -0.2) is 8.42 Å². The minimum Gasteiger partial charge on any atom is -0.494 e. The fourth-order valence-electron chi connectivity index (χ4n) is 2.96. The fraction of sp³-hybridized carbons (Fsp3) is 0.350. The summed E-state index contributed by atoms with van der Waals surface area (Å²) in [6, 6.07) is 11.5. The van der Waals surface area contributed by atoms with Crippen molar-refractivity contribution in [2.45, 2.75) is 33.7 Å². The van der Waals surface area contributed by atoms with Crippen LogP contribution in [0.25, 0.3) is 0 Å². The zero-order valence-electron chi connectivity index (χ0n) is 16.3. The molecule has 0 bridgehead atoms. The third-order valence-electron chi connectivity index (χ3n) is 3.96. The van der Waals surface area contributed by atoms with E-state index in [4.69, 9.17) is 4.74 Å². The number of carbonyl (C=O) groups is 1. The third kappa shape index (κ3) is 5.47. The van der Waals surface area contributed by atoms with Gasteiger partial charge in [0.2, 0.25) is 15.9 Å². The Morgan fingerprint density at radius 3 is 2.33 bits per heavy atom. The maximum Gasteiger partial charge on any atom is 0.247 e. The summed E-state index contributed by atoms with van der Waals surface area (Å²) in [7, 11) is -3.66. The van der Waals surface area contributed by atoms with Crippen molar-refractivity contribution in [2.75, 3.05) is 22.5 Å². The van der Waals surface area contributed by atoms with Gasteiger partial charge in [-0.1, -0.05) is 12.1 Å². The molecule has 2 aromatic carbocycles. The second-order valence-electron chi connectivity index (χ2n) is 6.53. The maximum absolute atomic E-state index is 12.8. The lowest BCUT2D eigenvalue weighted by molar-refractivity contribution is -0.116. The fourth-order valence-corrected chi connectivity index (χ4v) is 4.12. The van der Waals surface area contributed by atoms with E-state index in [0.717, 1.165) is 21.7 Å². The van der Waals surface area contributed by atoms with Crippen LogP contribution in [0.5, 0.6) is 5.75 Å². The van der Waals surface area contributed by atoms with E-state index >= 15 is 0 Å². The zero-order valence-corrected chi connectivity index (χ0v) is 17.1. The molecule has 6 nitrogen and oxygen atoms in total. The molecule has 1 amide bonds. The molecule has 0 heterocycles. The summed E-state index contributed by atoms with van der Waals surface area (Å²) in [6.45, 7) is 7.74. The minimum atomic E-state index is -3.66. The quantitative estimate of drug-likeness (QED) is 0.785. The number of amides is 1. The van der Waals surface area contributed by atoms with Crippen LogP contribution in [0.1, 0.15) is 25.0 Å². The first-order valence-electron chi connectivity index (χ1n) is 8.73. The molecular weight excluding hydrogens is 364 g/mol. The predicted molar refractivity (Wildman–Crippen MR) is 109 cm³/mol. The van der Waals surface area contributed by atoms with Gasteiger partial charge in [0.05, 0.1) is 18.6 Å². The summed E-state index contributed by atoms with van der Waals surface area (Å²) < 4.78 is 31.4. The van der Waals surface area contributed by atoms with Crippen LogP contribution in [0, 0.1) is 13.8 Å². The topological polar surface area (TPSA) is 75.7 Å². The van der Waals surface area contributed by atoms with E-state index in [1.165, 1.54) is 0 Å². The zero-order chi connectivity index (χ0) is 20.2. The molecule has 2 rings (SSSR count). The normalized spacial score (nSPS) is 12.3. The molecule has 0 saturated carbocycles. The van der Waals surface area contributed by atoms with Crippen LogP contribution in [0.2, 0.25) is 0 Å². The Hall–Kier alpha value is -2.54. The predicted octanol–water partition coefficient (Wildman–Crippen LogP) is 3.50. The molecule has 27 heavy (non-hydrogen) atoms. The highest BCUT2D eigenvalue weighted by Gasteiger charge is 2.29. The molecule has 0 saturated heterocycles. The van der Waals surface area contributed by atoms with Crippen molar-refractivity contribution in [1.29, 1.82) is 0 Å². The number of ether oxygens (including phenoxy) is 1. The van der Waals surface area contributed by atoms with E-state index in [1.54, 1.807) is 43.3 Å². The summed E-state index contributed by atoms with van der Waals surface area (Å²) in [4.78, 5) is 12.8. The molecule has 0 spiro atoms. The van der Waals surface area contributed by atoms with Gasteiger partial charge in [-0.2, -0.15) is 0 Å². The number of hydrogen-bond acceptors (Lipinski definition) is 4. The van der Waals surface area contributed by atoms with Gasteiger partial charge in [-0.05, 0) is 63.1 Å². The Balaban J connectivity index is 2.31. The number of nitrogens with zero attached hydrogens (tertiary/aromatic N) is 1. The molecule has 0 aromatic heterocycles. The highest BCUT2D eigenvalue weighted by Crippen LogP contribution is 2.25. The highest BCUT2D eigenvalue weighted by molar-refractivity contribution is 7.92. The number of carbonyl (C=O) groups excluding carboxylic acids is 1. The molecule has 0 radical (unpaired) electrons. The maximum atomic E-state index is 12.8. The Labute approximate surface area is 161 Å². The van der Waals surface area contributed by atoms with Crippen molar-refractivity contribution in [1.82, 2.24) is 0 Å². The minimum absolute atomic E-state index is 0.423. The Morgan fingerprint density at radius 1 is 1.15 bits per heavy atom. The molecule has 146 valence electrons. The Morgan fingerprint density at radius 2 is 1.78 bits per heavy atom. The number of rotatable bonds is 7. The molecule has 7 heteroatoms. The first-order chi connectivity index (χ1) is 12.6. The molecule has 1 atom stereocenters. The lowest BCUT2D eigenvalue weighted by Crippen LogP contribution is -2.45. The second-order valence-corrected chi connectivity index (χ2v) is 8.39. The van der Waals surface area contributed by atoms with Crippen molar-refractivity contribution in [2.24, 2.45) is 0 Å². The smallest absolute Gasteiger partial charge is 0.247 e. The van der Waals surface area contributed by atoms with Crippen LogP contribution >= 0.6 is 0 Å². The first kappa shape index (κ1) is 20.8. The van der Waals surface area contributed by atoms with E-state index in [2.05, 4.69) is 5.32 Å².